The average Bonchev–Trinajstić information content (AvgIpc) is 2.32. The highest BCUT2D eigenvalue weighted by Crippen LogP contribution is 2.29. The zero-order valence-corrected chi connectivity index (χ0v) is 11.1. The maximum Gasteiger partial charge on any atom is 0.245 e. The Labute approximate surface area is 107 Å². The average molecular weight is 248 g/mol. The molecule has 1 fully saturated rings. The lowest BCUT2D eigenvalue weighted by atomic mass is 9.97. The van der Waals surface area contributed by atoms with Crippen molar-refractivity contribution in [2.75, 3.05) is 18.0 Å². The van der Waals surface area contributed by atoms with Crippen molar-refractivity contribution in [1.82, 2.24) is 10.3 Å². The fourth-order valence-corrected chi connectivity index (χ4v) is 2.26. The predicted octanol–water partition coefficient (Wildman–Crippen LogP) is 0.816. The van der Waals surface area contributed by atoms with Crippen LogP contribution in [0.1, 0.15) is 32.4 Å². The number of nitrogens with one attached hydrogen (secondary N) is 1. The van der Waals surface area contributed by atoms with E-state index in [2.05, 4.69) is 10.3 Å². The fourth-order valence-electron chi connectivity index (χ4n) is 2.26. The van der Waals surface area contributed by atoms with Crippen molar-refractivity contribution in [3.8, 4) is 0 Å². The van der Waals surface area contributed by atoms with Crippen molar-refractivity contribution in [1.29, 1.82) is 0 Å². The SMILES string of the molecule is C[C@@H](N)c1cccnc1N1CCNC(=O)C1(C)C. The zero-order valence-electron chi connectivity index (χ0n) is 11.1. The first-order valence-corrected chi connectivity index (χ1v) is 6.21. The molecule has 1 aliphatic rings. The number of hydrogen-bond acceptors (Lipinski definition) is 4. The van der Waals surface area contributed by atoms with Crippen LogP contribution >= 0.6 is 0 Å². The minimum Gasteiger partial charge on any atom is -0.352 e. The standard InChI is InChI=1S/C13H20N4O/c1-9(14)10-5-4-6-15-11(10)17-8-7-16-12(18)13(17,2)3/h4-6,9H,7-8,14H2,1-3H3,(H,16,18)/t9-/m1/s1. The Hall–Kier alpha value is -1.62. The van der Waals surface area contributed by atoms with Crippen molar-refractivity contribution in [3.63, 3.8) is 0 Å². The Morgan fingerprint density at radius 3 is 2.94 bits per heavy atom. The van der Waals surface area contributed by atoms with Gasteiger partial charge < -0.3 is 16.0 Å². The first kappa shape index (κ1) is 12.8. The number of aromatic nitrogens is 1. The molecule has 1 aromatic heterocycles. The smallest absolute Gasteiger partial charge is 0.245 e. The van der Waals surface area contributed by atoms with Crippen LogP contribution in [-0.2, 0) is 4.79 Å². The number of rotatable bonds is 2. The van der Waals surface area contributed by atoms with E-state index in [9.17, 15) is 4.79 Å². The first-order valence-electron chi connectivity index (χ1n) is 6.21. The highest BCUT2D eigenvalue weighted by atomic mass is 16.2. The van der Waals surface area contributed by atoms with Gasteiger partial charge >= 0.3 is 0 Å². The Balaban J connectivity index is 2.45. The molecule has 18 heavy (non-hydrogen) atoms. The lowest BCUT2D eigenvalue weighted by molar-refractivity contribution is -0.126. The molecule has 2 rings (SSSR count). The molecule has 0 aromatic carbocycles. The minimum atomic E-state index is -0.601. The summed E-state index contributed by atoms with van der Waals surface area (Å²) in [6.07, 6.45) is 1.74. The number of carbonyl (C=O) groups excluding carboxylic acids is 1. The maximum atomic E-state index is 12.0. The van der Waals surface area contributed by atoms with E-state index >= 15 is 0 Å². The summed E-state index contributed by atoms with van der Waals surface area (Å²) in [5.41, 5.74) is 6.35. The van der Waals surface area contributed by atoms with E-state index in [1.807, 2.05) is 37.8 Å². The molecule has 1 aliphatic heterocycles. The number of amides is 1. The molecule has 1 amide bonds. The van der Waals surface area contributed by atoms with Crippen LogP contribution in [0.5, 0.6) is 0 Å². The summed E-state index contributed by atoms with van der Waals surface area (Å²) >= 11 is 0. The third kappa shape index (κ3) is 2.06. The molecule has 0 unspecified atom stereocenters. The number of pyridine rings is 1. The van der Waals surface area contributed by atoms with Gasteiger partial charge in [-0.15, -0.1) is 0 Å². The van der Waals surface area contributed by atoms with Crippen LogP contribution in [0.25, 0.3) is 0 Å². The van der Waals surface area contributed by atoms with Gasteiger partial charge in [0.1, 0.15) is 11.4 Å². The van der Waals surface area contributed by atoms with Crippen LogP contribution in [0.15, 0.2) is 18.3 Å². The van der Waals surface area contributed by atoms with Gasteiger partial charge in [0.15, 0.2) is 0 Å². The summed E-state index contributed by atoms with van der Waals surface area (Å²) in [6.45, 7) is 7.12. The number of nitrogens with zero attached hydrogens (tertiary/aromatic N) is 2. The third-order valence-corrected chi connectivity index (χ3v) is 3.41. The molecule has 2 heterocycles. The molecule has 1 atom stereocenters. The number of anilines is 1. The van der Waals surface area contributed by atoms with Gasteiger partial charge in [0.25, 0.3) is 0 Å². The molecule has 3 N–H and O–H groups in total. The van der Waals surface area contributed by atoms with Gasteiger partial charge in [0, 0.05) is 30.9 Å². The Kier molecular flexibility index (Phi) is 3.26. The van der Waals surface area contributed by atoms with Gasteiger partial charge in [0.2, 0.25) is 5.91 Å². The van der Waals surface area contributed by atoms with E-state index in [1.54, 1.807) is 6.20 Å². The zero-order chi connectivity index (χ0) is 13.3. The van der Waals surface area contributed by atoms with Crippen molar-refractivity contribution < 1.29 is 4.79 Å². The van der Waals surface area contributed by atoms with E-state index in [4.69, 9.17) is 5.73 Å². The molecule has 0 aliphatic carbocycles. The maximum absolute atomic E-state index is 12.0. The third-order valence-electron chi connectivity index (χ3n) is 3.41. The predicted molar refractivity (Wildman–Crippen MR) is 71.3 cm³/mol. The molecule has 1 aromatic rings. The summed E-state index contributed by atoms with van der Waals surface area (Å²) in [6, 6.07) is 3.74. The van der Waals surface area contributed by atoms with Gasteiger partial charge in [-0.2, -0.15) is 0 Å². The van der Waals surface area contributed by atoms with Crippen LogP contribution in [-0.4, -0.2) is 29.5 Å². The topological polar surface area (TPSA) is 71.2 Å². The molecule has 98 valence electrons. The molecule has 5 heteroatoms. The Morgan fingerprint density at radius 1 is 1.56 bits per heavy atom. The summed E-state index contributed by atoms with van der Waals surface area (Å²) in [7, 11) is 0. The molecule has 1 saturated heterocycles. The van der Waals surface area contributed by atoms with Gasteiger partial charge in [-0.05, 0) is 26.8 Å². The summed E-state index contributed by atoms with van der Waals surface area (Å²) < 4.78 is 0. The van der Waals surface area contributed by atoms with E-state index in [1.165, 1.54) is 0 Å². The van der Waals surface area contributed by atoms with Crippen molar-refractivity contribution in [2.45, 2.75) is 32.4 Å². The molecule has 0 radical (unpaired) electrons. The van der Waals surface area contributed by atoms with Gasteiger partial charge in [-0.3, -0.25) is 4.79 Å². The van der Waals surface area contributed by atoms with E-state index < -0.39 is 5.54 Å². The van der Waals surface area contributed by atoms with Gasteiger partial charge in [0.05, 0.1) is 0 Å². The van der Waals surface area contributed by atoms with E-state index in [0.717, 1.165) is 17.9 Å². The highest BCUT2D eigenvalue weighted by molar-refractivity contribution is 5.90. The van der Waals surface area contributed by atoms with Crippen molar-refractivity contribution in [3.05, 3.63) is 23.9 Å². The van der Waals surface area contributed by atoms with Crippen molar-refractivity contribution in [2.24, 2.45) is 5.73 Å². The molecule has 0 saturated carbocycles. The Morgan fingerprint density at radius 2 is 2.28 bits per heavy atom. The first-order chi connectivity index (χ1) is 8.44. The van der Waals surface area contributed by atoms with Crippen LogP contribution < -0.4 is 16.0 Å². The second-order valence-electron chi connectivity index (χ2n) is 5.17. The lowest BCUT2D eigenvalue weighted by Gasteiger charge is -2.43. The number of nitrogens with two attached hydrogens (primary N) is 1. The second kappa shape index (κ2) is 4.57. The van der Waals surface area contributed by atoms with Crippen LogP contribution in [0.3, 0.4) is 0 Å². The summed E-state index contributed by atoms with van der Waals surface area (Å²) in [5.74, 6) is 0.836. The normalized spacial score (nSPS) is 20.4. The minimum absolute atomic E-state index is 0.0232. The number of carbonyl (C=O) groups is 1. The summed E-state index contributed by atoms with van der Waals surface area (Å²) in [4.78, 5) is 18.4. The molecular weight excluding hydrogens is 228 g/mol. The van der Waals surface area contributed by atoms with Gasteiger partial charge in [-0.25, -0.2) is 4.98 Å². The van der Waals surface area contributed by atoms with Crippen LogP contribution in [0.4, 0.5) is 5.82 Å². The van der Waals surface area contributed by atoms with Crippen molar-refractivity contribution >= 4 is 11.7 Å². The summed E-state index contributed by atoms with van der Waals surface area (Å²) in [5, 5.41) is 2.88. The van der Waals surface area contributed by atoms with E-state index in [0.29, 0.717) is 6.54 Å². The second-order valence-corrected chi connectivity index (χ2v) is 5.17. The van der Waals surface area contributed by atoms with Crippen LogP contribution in [0, 0.1) is 0 Å². The largest absolute Gasteiger partial charge is 0.352 e. The molecule has 0 spiro atoms. The molecule has 0 bridgehead atoms. The highest BCUT2D eigenvalue weighted by Gasteiger charge is 2.39. The lowest BCUT2D eigenvalue weighted by Crippen LogP contribution is -2.62. The number of piperazine rings is 1. The molecular formula is C13H20N4O. The Bertz CT molecular complexity index is 456. The van der Waals surface area contributed by atoms with Crippen LogP contribution in [0.2, 0.25) is 0 Å². The van der Waals surface area contributed by atoms with E-state index in [-0.39, 0.29) is 11.9 Å². The fraction of sp³-hybridized carbons (Fsp3) is 0.538. The molecule has 5 nitrogen and oxygen atoms in total. The van der Waals surface area contributed by atoms with Gasteiger partial charge in [-0.1, -0.05) is 6.07 Å². The quantitative estimate of drug-likeness (QED) is 0.812. The monoisotopic (exact) mass is 248 g/mol. The number of hydrogen-bond donors (Lipinski definition) is 2.